The van der Waals surface area contributed by atoms with Gasteiger partial charge in [0.05, 0.1) is 5.02 Å². The van der Waals surface area contributed by atoms with Crippen LogP contribution in [0.4, 0.5) is 0 Å². The van der Waals surface area contributed by atoms with Crippen molar-refractivity contribution in [2.45, 2.75) is 6.92 Å². The molecule has 1 rings (SSSR count). The highest BCUT2D eigenvalue weighted by atomic mass is 35.5. The molecule has 0 amide bonds. The lowest BCUT2D eigenvalue weighted by Crippen LogP contribution is -1.83. The molecule has 9 heavy (non-hydrogen) atoms. The largest absolute Gasteiger partial charge is 0.260 e. The maximum absolute atomic E-state index is 5.61. The average molecular weight is 141 g/mol. The van der Waals surface area contributed by atoms with Gasteiger partial charge in [0.15, 0.2) is 0 Å². The Bertz CT molecular complexity index is 220. The molecule has 0 unspecified atom stereocenters. The highest BCUT2D eigenvalue weighted by Crippen LogP contribution is 2.10. The van der Waals surface area contributed by atoms with Crippen LogP contribution in [0.15, 0.2) is 12.3 Å². The summed E-state index contributed by atoms with van der Waals surface area (Å²) in [4.78, 5) is 3.98. The van der Waals surface area contributed by atoms with E-state index in [2.05, 4.69) is 11.9 Å². The van der Waals surface area contributed by atoms with Crippen molar-refractivity contribution in [2.75, 3.05) is 0 Å². The second-order valence-electron chi connectivity index (χ2n) is 1.90. The summed E-state index contributed by atoms with van der Waals surface area (Å²) >= 11 is 5.61. The molecule has 0 spiro atoms. The molecule has 0 bridgehead atoms. The molecule has 0 aliphatic carbocycles. The van der Waals surface area contributed by atoms with E-state index in [1.165, 1.54) is 0 Å². The van der Waals surface area contributed by atoms with E-state index in [1.54, 1.807) is 12.3 Å². The lowest BCUT2D eigenvalue weighted by atomic mass is 10.2. The minimum atomic E-state index is 0.644. The van der Waals surface area contributed by atoms with Gasteiger partial charge in [-0.15, -0.1) is 0 Å². The summed E-state index contributed by atoms with van der Waals surface area (Å²) < 4.78 is 0. The van der Waals surface area contributed by atoms with Crippen LogP contribution in [0.5, 0.6) is 0 Å². The van der Waals surface area contributed by atoms with E-state index >= 15 is 0 Å². The minimum absolute atomic E-state index is 0.644. The number of aryl methyl sites for hydroxylation is 1. The Morgan fingerprint density at radius 2 is 2.33 bits per heavy atom. The summed E-state index contributed by atoms with van der Waals surface area (Å²) in [7, 11) is 0. The van der Waals surface area contributed by atoms with Gasteiger partial charge in [0.1, 0.15) is 0 Å². The molecule has 0 fully saturated rings. The molecule has 0 saturated heterocycles. The number of hydrogen-bond donors (Lipinski definition) is 0. The van der Waals surface area contributed by atoms with Gasteiger partial charge in [-0.3, -0.25) is 4.98 Å². The van der Waals surface area contributed by atoms with Crippen molar-refractivity contribution in [3.05, 3.63) is 35.5 Å². The summed E-state index contributed by atoms with van der Waals surface area (Å²) in [5.41, 5.74) is 1.82. The van der Waals surface area contributed by atoms with Gasteiger partial charge in [-0.2, -0.15) is 0 Å². The molecule has 1 nitrogen and oxygen atoms in total. The van der Waals surface area contributed by atoms with Gasteiger partial charge >= 0.3 is 0 Å². The van der Waals surface area contributed by atoms with Gasteiger partial charge in [0.25, 0.3) is 0 Å². The fourth-order valence-electron chi connectivity index (χ4n) is 0.550. The van der Waals surface area contributed by atoms with Crippen molar-refractivity contribution in [3.8, 4) is 0 Å². The van der Waals surface area contributed by atoms with Gasteiger partial charge in [0.2, 0.25) is 0 Å². The fourth-order valence-corrected chi connectivity index (χ4v) is 0.730. The smallest absolute Gasteiger partial charge is 0.0592 e. The standard InChI is InChI=1S/C7H7ClN/c1-5-3-7(8)4-9-6(5)2/h3-4H,1H2,2H3. The highest BCUT2D eigenvalue weighted by molar-refractivity contribution is 6.30. The Morgan fingerprint density at radius 1 is 1.67 bits per heavy atom. The molecule has 0 N–H and O–H groups in total. The Morgan fingerprint density at radius 3 is 2.78 bits per heavy atom. The van der Waals surface area contributed by atoms with Gasteiger partial charge in [-0.25, -0.2) is 0 Å². The van der Waals surface area contributed by atoms with Gasteiger partial charge < -0.3 is 0 Å². The van der Waals surface area contributed by atoms with Crippen LogP contribution in [-0.4, -0.2) is 4.98 Å². The van der Waals surface area contributed by atoms with Crippen molar-refractivity contribution in [3.63, 3.8) is 0 Å². The van der Waals surface area contributed by atoms with Crippen LogP contribution >= 0.6 is 11.6 Å². The van der Waals surface area contributed by atoms with Crippen molar-refractivity contribution in [1.29, 1.82) is 0 Å². The van der Waals surface area contributed by atoms with Crippen molar-refractivity contribution < 1.29 is 0 Å². The molecule has 0 aliphatic heterocycles. The average Bonchev–Trinajstić information content (AvgIpc) is 1.80. The number of halogens is 1. The van der Waals surface area contributed by atoms with Crippen LogP contribution in [0, 0.1) is 13.8 Å². The summed E-state index contributed by atoms with van der Waals surface area (Å²) in [6.45, 7) is 5.64. The van der Waals surface area contributed by atoms with Crippen LogP contribution in [0.1, 0.15) is 11.3 Å². The number of rotatable bonds is 0. The molecule has 1 aromatic rings. The lowest BCUT2D eigenvalue weighted by molar-refractivity contribution is 1.18. The van der Waals surface area contributed by atoms with Gasteiger partial charge in [0, 0.05) is 11.9 Å². The zero-order valence-corrected chi connectivity index (χ0v) is 5.94. The maximum atomic E-state index is 5.61. The first-order valence-corrected chi connectivity index (χ1v) is 3.02. The molecular formula is C7H7ClN. The highest BCUT2D eigenvalue weighted by Gasteiger charge is 1.92. The Labute approximate surface area is 59.7 Å². The lowest BCUT2D eigenvalue weighted by Gasteiger charge is -1.95. The molecule has 2 heteroatoms. The third kappa shape index (κ3) is 1.42. The summed E-state index contributed by atoms with van der Waals surface area (Å²) in [5, 5.41) is 0.644. The molecule has 0 aliphatic rings. The van der Waals surface area contributed by atoms with Crippen LogP contribution in [-0.2, 0) is 0 Å². The fraction of sp³-hybridized carbons (Fsp3) is 0.143. The van der Waals surface area contributed by atoms with Crippen LogP contribution < -0.4 is 0 Å². The molecular weight excluding hydrogens is 134 g/mol. The summed E-state index contributed by atoms with van der Waals surface area (Å²) in [6.07, 6.45) is 1.62. The monoisotopic (exact) mass is 140 g/mol. The van der Waals surface area contributed by atoms with E-state index in [9.17, 15) is 0 Å². The molecule has 1 heterocycles. The molecule has 47 valence electrons. The number of nitrogens with zero attached hydrogens (tertiary/aromatic N) is 1. The topological polar surface area (TPSA) is 12.9 Å². The minimum Gasteiger partial charge on any atom is -0.260 e. The van der Waals surface area contributed by atoms with Crippen LogP contribution in [0.2, 0.25) is 5.02 Å². The number of aromatic nitrogens is 1. The van der Waals surface area contributed by atoms with Crippen LogP contribution in [0.3, 0.4) is 0 Å². The predicted molar refractivity (Wildman–Crippen MR) is 38.4 cm³/mol. The summed E-state index contributed by atoms with van der Waals surface area (Å²) in [5.74, 6) is 0. The van der Waals surface area contributed by atoms with Crippen molar-refractivity contribution >= 4 is 11.6 Å². The SMILES string of the molecule is [CH2]c1cc(Cl)cnc1C. The third-order valence-corrected chi connectivity index (χ3v) is 1.37. The van der Waals surface area contributed by atoms with E-state index in [-0.39, 0.29) is 0 Å². The van der Waals surface area contributed by atoms with E-state index in [1.807, 2.05) is 6.92 Å². The molecule has 0 aromatic carbocycles. The van der Waals surface area contributed by atoms with Gasteiger partial charge in [-0.05, 0) is 25.5 Å². The Kier molecular flexibility index (Phi) is 1.72. The maximum Gasteiger partial charge on any atom is 0.0592 e. The zero-order valence-electron chi connectivity index (χ0n) is 5.19. The first-order valence-electron chi connectivity index (χ1n) is 2.64. The second kappa shape index (κ2) is 2.36. The van der Waals surface area contributed by atoms with E-state index in [0.29, 0.717) is 5.02 Å². The summed E-state index contributed by atoms with van der Waals surface area (Å²) in [6, 6.07) is 1.80. The van der Waals surface area contributed by atoms with Crippen LogP contribution in [0.25, 0.3) is 0 Å². The zero-order chi connectivity index (χ0) is 6.85. The second-order valence-corrected chi connectivity index (χ2v) is 2.33. The van der Waals surface area contributed by atoms with Crippen molar-refractivity contribution in [1.82, 2.24) is 4.98 Å². The quantitative estimate of drug-likeness (QED) is 0.539. The Hall–Kier alpha value is -0.560. The first-order chi connectivity index (χ1) is 4.20. The predicted octanol–water partition coefficient (Wildman–Crippen LogP) is 2.23. The van der Waals surface area contributed by atoms with E-state index in [0.717, 1.165) is 11.3 Å². The van der Waals surface area contributed by atoms with E-state index in [4.69, 9.17) is 11.6 Å². The van der Waals surface area contributed by atoms with E-state index < -0.39 is 0 Å². The number of hydrogen-bond acceptors (Lipinski definition) is 1. The normalized spacial score (nSPS) is 9.67. The molecule has 0 atom stereocenters. The van der Waals surface area contributed by atoms with Crippen molar-refractivity contribution in [2.24, 2.45) is 0 Å². The molecule has 1 aromatic heterocycles. The molecule has 1 radical (unpaired) electrons. The third-order valence-electron chi connectivity index (χ3n) is 1.16. The number of pyridine rings is 1. The first kappa shape index (κ1) is 6.56. The molecule has 0 saturated carbocycles. The van der Waals surface area contributed by atoms with Gasteiger partial charge in [-0.1, -0.05) is 11.6 Å². The Balaban J connectivity index is 3.17.